The van der Waals surface area contributed by atoms with E-state index in [0.29, 0.717) is 5.13 Å². The molecule has 0 aromatic carbocycles. The van der Waals surface area contributed by atoms with E-state index in [1.807, 2.05) is 0 Å². The Labute approximate surface area is 116 Å². The van der Waals surface area contributed by atoms with Crippen LogP contribution < -0.4 is 10.6 Å². The van der Waals surface area contributed by atoms with Crippen LogP contribution in [0.5, 0.6) is 0 Å². The van der Waals surface area contributed by atoms with Crippen molar-refractivity contribution in [2.24, 2.45) is 0 Å². The normalized spacial score (nSPS) is 12.1. The maximum Gasteiger partial charge on any atom is 0.271 e. The Morgan fingerprint density at radius 2 is 1.89 bits per heavy atom. The van der Waals surface area contributed by atoms with Gasteiger partial charge in [-0.1, -0.05) is 0 Å². The number of carbonyl (C=O) groups excluding carboxylic acids is 2. The number of carbonyl (C=O) groups is 2. The second-order valence-electron chi connectivity index (χ2n) is 5.36. The van der Waals surface area contributed by atoms with Gasteiger partial charge in [-0.15, -0.1) is 11.3 Å². The van der Waals surface area contributed by atoms with Crippen LogP contribution in [0.2, 0.25) is 0 Å². The van der Waals surface area contributed by atoms with Gasteiger partial charge in [-0.25, -0.2) is 4.98 Å². The first-order valence-electron chi connectivity index (χ1n) is 5.81. The molecular formula is C12H19N3O3S. The van der Waals surface area contributed by atoms with Gasteiger partial charge in [0.2, 0.25) is 5.91 Å². The summed E-state index contributed by atoms with van der Waals surface area (Å²) in [4.78, 5) is 26.9. The van der Waals surface area contributed by atoms with E-state index in [2.05, 4.69) is 15.6 Å². The second kappa shape index (κ2) is 5.26. The molecule has 0 atom stereocenters. The van der Waals surface area contributed by atoms with E-state index < -0.39 is 11.1 Å². The first-order chi connectivity index (χ1) is 8.53. The van der Waals surface area contributed by atoms with Crippen LogP contribution >= 0.6 is 11.3 Å². The van der Waals surface area contributed by atoms with Crippen molar-refractivity contribution >= 4 is 28.3 Å². The van der Waals surface area contributed by atoms with Crippen LogP contribution in [0.1, 0.15) is 45.1 Å². The van der Waals surface area contributed by atoms with Crippen LogP contribution in [0, 0.1) is 0 Å². The number of amides is 2. The first-order valence-corrected chi connectivity index (χ1v) is 6.69. The number of nitrogens with zero attached hydrogens (tertiary/aromatic N) is 1. The van der Waals surface area contributed by atoms with Crippen molar-refractivity contribution in [1.29, 1.82) is 0 Å². The van der Waals surface area contributed by atoms with Gasteiger partial charge in [-0.2, -0.15) is 0 Å². The molecule has 0 saturated carbocycles. The van der Waals surface area contributed by atoms with Gasteiger partial charge in [0.1, 0.15) is 5.69 Å². The number of hydrogen-bond donors (Lipinski definition) is 3. The molecule has 0 aliphatic heterocycles. The summed E-state index contributed by atoms with van der Waals surface area (Å²) in [7, 11) is 0. The van der Waals surface area contributed by atoms with Crippen LogP contribution in [0.3, 0.4) is 0 Å². The molecule has 0 spiro atoms. The van der Waals surface area contributed by atoms with E-state index in [-0.39, 0.29) is 17.5 Å². The van der Waals surface area contributed by atoms with Crippen LogP contribution in [-0.4, -0.2) is 33.0 Å². The maximum absolute atomic E-state index is 12.0. The quantitative estimate of drug-likeness (QED) is 0.779. The molecule has 3 N–H and O–H groups in total. The Bertz CT molecular complexity index is 489. The van der Waals surface area contributed by atoms with E-state index in [9.17, 15) is 14.7 Å². The third-order valence-electron chi connectivity index (χ3n) is 2.98. The SMILES string of the molecule is CC(=O)Nc1nc(C(=O)NC(C)(C)C(C)(C)O)cs1. The highest BCUT2D eigenvalue weighted by Gasteiger charge is 2.36. The molecule has 6 nitrogen and oxygen atoms in total. The number of aliphatic hydroxyl groups is 1. The zero-order valence-corrected chi connectivity index (χ0v) is 12.5. The third kappa shape index (κ3) is 4.00. The smallest absolute Gasteiger partial charge is 0.271 e. The second-order valence-corrected chi connectivity index (χ2v) is 6.22. The summed E-state index contributed by atoms with van der Waals surface area (Å²) in [6.45, 7) is 8.07. The van der Waals surface area contributed by atoms with Gasteiger partial charge in [-0.05, 0) is 27.7 Å². The largest absolute Gasteiger partial charge is 0.388 e. The highest BCUT2D eigenvalue weighted by atomic mass is 32.1. The lowest BCUT2D eigenvalue weighted by atomic mass is 9.86. The number of aromatic nitrogens is 1. The van der Waals surface area contributed by atoms with Crippen LogP contribution in [0.25, 0.3) is 0 Å². The molecule has 1 aromatic heterocycles. The minimum Gasteiger partial charge on any atom is -0.388 e. The van der Waals surface area contributed by atoms with E-state index >= 15 is 0 Å². The lowest BCUT2D eigenvalue weighted by Crippen LogP contribution is -2.57. The molecular weight excluding hydrogens is 266 g/mol. The van der Waals surface area contributed by atoms with E-state index in [4.69, 9.17) is 0 Å². The van der Waals surface area contributed by atoms with Gasteiger partial charge in [0.15, 0.2) is 5.13 Å². The number of hydrogen-bond acceptors (Lipinski definition) is 5. The van der Waals surface area contributed by atoms with Crippen molar-refractivity contribution in [3.8, 4) is 0 Å². The molecule has 0 radical (unpaired) electrons. The van der Waals surface area contributed by atoms with E-state index in [0.717, 1.165) is 0 Å². The van der Waals surface area contributed by atoms with Crippen molar-refractivity contribution in [3.63, 3.8) is 0 Å². The molecule has 0 fully saturated rings. The van der Waals surface area contributed by atoms with Crippen molar-refractivity contribution in [2.45, 2.75) is 45.8 Å². The van der Waals surface area contributed by atoms with E-state index in [1.165, 1.54) is 18.3 Å². The molecule has 0 aliphatic carbocycles. The monoisotopic (exact) mass is 285 g/mol. The predicted octanol–water partition coefficient (Wildman–Crippen LogP) is 1.38. The summed E-state index contributed by atoms with van der Waals surface area (Å²) in [6, 6.07) is 0. The van der Waals surface area contributed by atoms with Gasteiger partial charge in [0.05, 0.1) is 11.1 Å². The highest BCUT2D eigenvalue weighted by Crippen LogP contribution is 2.22. The maximum atomic E-state index is 12.0. The lowest BCUT2D eigenvalue weighted by Gasteiger charge is -2.37. The van der Waals surface area contributed by atoms with Gasteiger partial charge in [0.25, 0.3) is 5.91 Å². The van der Waals surface area contributed by atoms with Crippen LogP contribution in [-0.2, 0) is 4.79 Å². The Morgan fingerprint density at radius 1 is 1.32 bits per heavy atom. The van der Waals surface area contributed by atoms with Gasteiger partial charge < -0.3 is 15.7 Å². The molecule has 1 rings (SSSR count). The molecule has 0 unspecified atom stereocenters. The average molecular weight is 285 g/mol. The standard InChI is InChI=1S/C12H19N3O3S/c1-7(16)13-10-14-8(6-19-10)9(17)15-11(2,3)12(4,5)18/h6,18H,1-5H3,(H,15,17)(H,13,14,16). The number of anilines is 1. The summed E-state index contributed by atoms with van der Waals surface area (Å²) < 4.78 is 0. The van der Waals surface area contributed by atoms with E-state index in [1.54, 1.807) is 33.1 Å². The van der Waals surface area contributed by atoms with Gasteiger partial charge in [-0.3, -0.25) is 9.59 Å². The Kier molecular flexibility index (Phi) is 4.32. The molecule has 0 saturated heterocycles. The molecule has 2 amide bonds. The predicted molar refractivity (Wildman–Crippen MR) is 74.3 cm³/mol. The minimum atomic E-state index is -1.07. The minimum absolute atomic E-state index is 0.214. The Morgan fingerprint density at radius 3 is 2.37 bits per heavy atom. The summed E-state index contributed by atoms with van der Waals surface area (Å²) in [5.74, 6) is -0.627. The zero-order valence-electron chi connectivity index (χ0n) is 11.7. The number of thiazole rings is 1. The Balaban J connectivity index is 2.79. The van der Waals surface area contributed by atoms with Crippen molar-refractivity contribution in [3.05, 3.63) is 11.1 Å². The van der Waals surface area contributed by atoms with Crippen LogP contribution in [0.4, 0.5) is 5.13 Å². The molecule has 0 bridgehead atoms. The fraction of sp³-hybridized carbons (Fsp3) is 0.583. The third-order valence-corrected chi connectivity index (χ3v) is 3.73. The Hall–Kier alpha value is -1.47. The van der Waals surface area contributed by atoms with Crippen molar-refractivity contribution in [1.82, 2.24) is 10.3 Å². The molecule has 19 heavy (non-hydrogen) atoms. The summed E-state index contributed by atoms with van der Waals surface area (Å²) >= 11 is 1.17. The zero-order chi connectivity index (χ0) is 14.8. The summed E-state index contributed by atoms with van der Waals surface area (Å²) in [5.41, 5.74) is -1.66. The fourth-order valence-corrected chi connectivity index (χ4v) is 1.82. The van der Waals surface area contributed by atoms with Crippen molar-refractivity contribution in [2.75, 3.05) is 5.32 Å². The topological polar surface area (TPSA) is 91.3 Å². The summed E-state index contributed by atoms with van der Waals surface area (Å²) in [5, 5.41) is 17.1. The van der Waals surface area contributed by atoms with Crippen molar-refractivity contribution < 1.29 is 14.7 Å². The number of nitrogens with one attached hydrogen (secondary N) is 2. The molecule has 7 heteroatoms. The number of rotatable bonds is 4. The summed E-state index contributed by atoms with van der Waals surface area (Å²) in [6.07, 6.45) is 0. The van der Waals surface area contributed by atoms with Crippen LogP contribution in [0.15, 0.2) is 5.38 Å². The fourth-order valence-electron chi connectivity index (χ4n) is 1.09. The highest BCUT2D eigenvalue weighted by molar-refractivity contribution is 7.14. The van der Waals surface area contributed by atoms with Gasteiger partial charge in [0, 0.05) is 12.3 Å². The molecule has 0 aliphatic rings. The lowest BCUT2D eigenvalue weighted by molar-refractivity contribution is -0.114. The average Bonchev–Trinajstić information content (AvgIpc) is 2.62. The molecule has 106 valence electrons. The molecule has 1 aromatic rings. The molecule has 1 heterocycles. The van der Waals surface area contributed by atoms with Gasteiger partial charge >= 0.3 is 0 Å². The first kappa shape index (κ1) is 15.6.